The van der Waals surface area contributed by atoms with Gasteiger partial charge in [0.25, 0.3) is 0 Å². The van der Waals surface area contributed by atoms with Gasteiger partial charge in [-0.15, -0.1) is 0 Å². The summed E-state index contributed by atoms with van der Waals surface area (Å²) in [5.74, 6) is -1.23. The van der Waals surface area contributed by atoms with Gasteiger partial charge in [-0.3, -0.25) is 0 Å². The molecule has 0 heterocycles. The van der Waals surface area contributed by atoms with Crippen molar-refractivity contribution < 1.29 is 23.4 Å². The molecule has 1 atom stereocenters. The summed E-state index contributed by atoms with van der Waals surface area (Å²) in [6.07, 6.45) is 0.394. The number of carbonyl (C=O) groups is 1. The van der Waals surface area contributed by atoms with E-state index in [0.717, 1.165) is 6.07 Å². The molecule has 0 spiro atoms. The quantitative estimate of drug-likeness (QED) is 0.709. The minimum absolute atomic E-state index is 0.143. The van der Waals surface area contributed by atoms with Gasteiger partial charge in [0.15, 0.2) is 0 Å². The highest BCUT2D eigenvalue weighted by Gasteiger charge is 2.29. The molecule has 0 amide bonds. The minimum atomic E-state index is -3.91. The summed E-state index contributed by atoms with van der Waals surface area (Å²) in [5.41, 5.74) is -1.13. The van der Waals surface area contributed by atoms with Crippen molar-refractivity contribution in [2.75, 3.05) is 6.61 Å². The second-order valence-electron chi connectivity index (χ2n) is 4.62. The predicted molar refractivity (Wildman–Crippen MR) is 77.2 cm³/mol. The Kier molecular flexibility index (Phi) is 5.31. The Labute approximate surface area is 126 Å². The third-order valence-electron chi connectivity index (χ3n) is 2.99. The average Bonchev–Trinajstić information content (AvgIpc) is 2.38. The summed E-state index contributed by atoms with van der Waals surface area (Å²) in [5, 5.41) is 18.2. The lowest BCUT2D eigenvalue weighted by molar-refractivity contribution is 0.0695. The molecule has 3 N–H and O–H groups in total. The number of aliphatic hydroxyl groups excluding tert-OH is 1. The molecule has 0 saturated carbocycles. The lowest BCUT2D eigenvalue weighted by Crippen LogP contribution is -2.48. The summed E-state index contributed by atoms with van der Waals surface area (Å²) >= 11 is 3.05. The topological polar surface area (TPSA) is 104 Å². The van der Waals surface area contributed by atoms with Crippen molar-refractivity contribution in [3.8, 4) is 0 Å². The smallest absolute Gasteiger partial charge is 0.336 e. The van der Waals surface area contributed by atoms with Crippen molar-refractivity contribution in [1.82, 2.24) is 4.72 Å². The number of aromatic carboxylic acids is 1. The number of hydrogen-bond donors (Lipinski definition) is 3. The molecule has 1 aromatic rings. The number of rotatable bonds is 6. The molecule has 0 radical (unpaired) electrons. The van der Waals surface area contributed by atoms with Crippen LogP contribution in [0.25, 0.3) is 0 Å². The molecule has 6 nitrogen and oxygen atoms in total. The van der Waals surface area contributed by atoms with E-state index in [1.54, 1.807) is 13.8 Å². The number of aliphatic hydroxyl groups is 1. The van der Waals surface area contributed by atoms with Crippen molar-refractivity contribution in [2.24, 2.45) is 0 Å². The number of sulfonamides is 1. The molecule has 20 heavy (non-hydrogen) atoms. The van der Waals surface area contributed by atoms with E-state index in [1.807, 2.05) is 0 Å². The van der Waals surface area contributed by atoms with Crippen molar-refractivity contribution in [3.63, 3.8) is 0 Å². The molecule has 0 aliphatic carbocycles. The van der Waals surface area contributed by atoms with E-state index in [2.05, 4.69) is 20.7 Å². The van der Waals surface area contributed by atoms with Crippen LogP contribution in [0.1, 0.15) is 30.6 Å². The van der Waals surface area contributed by atoms with Crippen LogP contribution in [0.5, 0.6) is 0 Å². The molecular formula is C12H16BrNO5S. The zero-order valence-electron chi connectivity index (χ0n) is 11.1. The third-order valence-corrected chi connectivity index (χ3v) is 5.32. The van der Waals surface area contributed by atoms with Crippen molar-refractivity contribution in [2.45, 2.75) is 30.7 Å². The Balaban J connectivity index is 3.23. The Bertz CT molecular complexity index is 610. The van der Waals surface area contributed by atoms with Gasteiger partial charge in [-0.05, 0) is 47.5 Å². The number of hydrogen-bond acceptors (Lipinski definition) is 4. The minimum Gasteiger partial charge on any atom is -0.478 e. The van der Waals surface area contributed by atoms with E-state index in [9.17, 15) is 18.3 Å². The van der Waals surface area contributed by atoms with Gasteiger partial charge in [0.2, 0.25) is 10.0 Å². The van der Waals surface area contributed by atoms with Gasteiger partial charge >= 0.3 is 5.97 Å². The Hall–Kier alpha value is -0.960. The highest BCUT2D eigenvalue weighted by atomic mass is 79.9. The largest absolute Gasteiger partial charge is 0.478 e. The van der Waals surface area contributed by atoms with Crippen LogP contribution in [0.15, 0.2) is 27.6 Å². The summed E-state index contributed by atoms with van der Waals surface area (Å²) in [6, 6.07) is 3.73. The second-order valence-corrected chi connectivity index (χ2v) is 7.16. The van der Waals surface area contributed by atoms with Crippen molar-refractivity contribution >= 4 is 31.9 Å². The molecule has 0 bridgehead atoms. The molecule has 1 aromatic carbocycles. The standard InChI is InChI=1S/C12H16BrNO5S/c1-3-12(2,7-15)14-20(18,19)8-4-5-10(13)9(6-8)11(16)17/h4-6,14-15H,3,7H2,1-2H3,(H,16,17). The fraction of sp³-hybridized carbons (Fsp3) is 0.417. The summed E-state index contributed by atoms with van der Waals surface area (Å²) in [7, 11) is -3.91. The van der Waals surface area contributed by atoms with E-state index in [1.165, 1.54) is 12.1 Å². The second kappa shape index (κ2) is 6.21. The molecule has 0 fully saturated rings. The van der Waals surface area contributed by atoms with E-state index < -0.39 is 21.5 Å². The molecule has 1 unspecified atom stereocenters. The zero-order chi connectivity index (χ0) is 15.6. The van der Waals surface area contributed by atoms with Gasteiger partial charge in [0, 0.05) is 4.47 Å². The molecule has 0 aromatic heterocycles. The Morgan fingerprint density at radius 2 is 2.05 bits per heavy atom. The van der Waals surface area contributed by atoms with Crippen LogP contribution >= 0.6 is 15.9 Å². The maximum Gasteiger partial charge on any atom is 0.336 e. The van der Waals surface area contributed by atoms with E-state index in [0.29, 0.717) is 10.9 Å². The van der Waals surface area contributed by atoms with Gasteiger partial charge in [-0.2, -0.15) is 0 Å². The summed E-state index contributed by atoms with van der Waals surface area (Å²) in [4.78, 5) is 10.9. The van der Waals surface area contributed by atoms with Crippen LogP contribution in [0.4, 0.5) is 0 Å². The molecule has 1 rings (SSSR count). The first-order valence-electron chi connectivity index (χ1n) is 5.83. The van der Waals surface area contributed by atoms with Crippen molar-refractivity contribution in [3.05, 3.63) is 28.2 Å². The van der Waals surface area contributed by atoms with Crippen LogP contribution in [0.3, 0.4) is 0 Å². The first-order chi connectivity index (χ1) is 9.15. The first kappa shape index (κ1) is 17.1. The number of carboxylic acid groups (broad SMARTS) is 1. The van der Waals surface area contributed by atoms with Crippen LogP contribution < -0.4 is 4.72 Å². The Morgan fingerprint density at radius 1 is 1.45 bits per heavy atom. The molecular weight excluding hydrogens is 350 g/mol. The third kappa shape index (κ3) is 3.78. The normalized spacial score (nSPS) is 14.8. The van der Waals surface area contributed by atoms with Gasteiger partial charge in [0.1, 0.15) is 0 Å². The highest BCUT2D eigenvalue weighted by Crippen LogP contribution is 2.22. The lowest BCUT2D eigenvalue weighted by atomic mass is 10.0. The summed E-state index contributed by atoms with van der Waals surface area (Å²) < 4.78 is 27.1. The molecule has 0 saturated heterocycles. The molecule has 8 heteroatoms. The number of benzene rings is 1. The number of nitrogens with one attached hydrogen (secondary N) is 1. The number of halogens is 1. The molecule has 0 aliphatic rings. The monoisotopic (exact) mass is 365 g/mol. The first-order valence-corrected chi connectivity index (χ1v) is 8.10. The molecule has 112 valence electrons. The SMILES string of the molecule is CCC(C)(CO)NS(=O)(=O)c1ccc(Br)c(C(=O)O)c1. The Morgan fingerprint density at radius 3 is 2.50 bits per heavy atom. The van der Waals surface area contributed by atoms with Gasteiger partial charge in [-0.25, -0.2) is 17.9 Å². The zero-order valence-corrected chi connectivity index (χ0v) is 13.5. The van der Waals surface area contributed by atoms with Crippen LogP contribution in [0, 0.1) is 0 Å². The maximum atomic E-state index is 12.2. The van der Waals surface area contributed by atoms with Crippen LogP contribution in [-0.4, -0.2) is 36.7 Å². The van der Waals surface area contributed by atoms with E-state index in [4.69, 9.17) is 5.11 Å². The average molecular weight is 366 g/mol. The van der Waals surface area contributed by atoms with Gasteiger partial charge in [0.05, 0.1) is 22.6 Å². The predicted octanol–water partition coefficient (Wildman–Crippen LogP) is 1.59. The highest BCUT2D eigenvalue weighted by molar-refractivity contribution is 9.10. The summed E-state index contributed by atoms with van der Waals surface area (Å²) in [6.45, 7) is 2.95. The van der Waals surface area contributed by atoms with Gasteiger partial charge in [-0.1, -0.05) is 6.92 Å². The lowest BCUT2D eigenvalue weighted by Gasteiger charge is -2.26. The van der Waals surface area contributed by atoms with Crippen molar-refractivity contribution in [1.29, 1.82) is 0 Å². The van der Waals surface area contributed by atoms with Crippen LogP contribution in [-0.2, 0) is 10.0 Å². The fourth-order valence-corrected chi connectivity index (χ4v) is 3.35. The van der Waals surface area contributed by atoms with E-state index >= 15 is 0 Å². The maximum absolute atomic E-state index is 12.2. The van der Waals surface area contributed by atoms with E-state index in [-0.39, 0.29) is 17.1 Å². The van der Waals surface area contributed by atoms with Crippen LogP contribution in [0.2, 0.25) is 0 Å². The number of carboxylic acids is 1. The molecule has 0 aliphatic heterocycles. The van der Waals surface area contributed by atoms with Gasteiger partial charge < -0.3 is 10.2 Å². The fourth-order valence-electron chi connectivity index (χ4n) is 1.43.